The number of hydrogen-bond donors (Lipinski definition) is 2. The van der Waals surface area contributed by atoms with E-state index in [0.717, 1.165) is 49.9 Å². The number of rotatable bonds is 18. The van der Waals surface area contributed by atoms with Crippen LogP contribution in [-0.4, -0.2) is 17.8 Å². The van der Waals surface area contributed by atoms with Crippen molar-refractivity contribution in [3.8, 4) is 23.0 Å². The molecule has 8 nitrogen and oxygen atoms in total. The van der Waals surface area contributed by atoms with Crippen LogP contribution in [0.4, 0.5) is 26.3 Å². The Balaban J connectivity index is 1.81. The van der Waals surface area contributed by atoms with Crippen LogP contribution in [0, 0.1) is 0 Å². The number of carbonyl (C=O) groups is 3. The van der Waals surface area contributed by atoms with Crippen molar-refractivity contribution in [1.82, 2.24) is 0 Å². The van der Waals surface area contributed by atoms with E-state index >= 15 is 0 Å². The normalized spacial score (nSPS) is 11.7. The van der Waals surface area contributed by atoms with Crippen molar-refractivity contribution in [2.24, 2.45) is 11.5 Å². The summed E-state index contributed by atoms with van der Waals surface area (Å²) in [5, 5.41) is 0. The first-order valence-corrected chi connectivity index (χ1v) is 15.8. The maximum atomic E-state index is 13.6. The van der Waals surface area contributed by atoms with E-state index in [1.165, 1.54) is 43.9 Å². The molecule has 0 unspecified atom stereocenters. The van der Waals surface area contributed by atoms with Crippen molar-refractivity contribution >= 4 is 17.8 Å². The summed E-state index contributed by atoms with van der Waals surface area (Å²) in [5.74, 6) is -4.08. The fourth-order valence-electron chi connectivity index (χ4n) is 4.99. The molecule has 2 amide bonds. The van der Waals surface area contributed by atoms with Gasteiger partial charge < -0.3 is 25.7 Å². The van der Waals surface area contributed by atoms with Crippen molar-refractivity contribution in [3.05, 3.63) is 82.4 Å². The molecule has 0 atom stereocenters. The zero-order chi connectivity index (χ0) is 36.2. The van der Waals surface area contributed by atoms with Gasteiger partial charge >= 0.3 is 18.3 Å². The molecule has 0 heterocycles. The van der Waals surface area contributed by atoms with Gasteiger partial charge in [0.25, 0.3) is 0 Å². The molecular formula is C35H38F6N2O6. The second-order valence-electron chi connectivity index (χ2n) is 11.4. The second-order valence-corrected chi connectivity index (χ2v) is 11.4. The number of hydrogen-bond acceptors (Lipinski definition) is 6. The van der Waals surface area contributed by atoms with Crippen LogP contribution in [0.25, 0.3) is 0 Å². The zero-order valence-electron chi connectivity index (χ0n) is 26.8. The predicted molar refractivity (Wildman–Crippen MR) is 168 cm³/mol. The van der Waals surface area contributed by atoms with Crippen LogP contribution in [0.5, 0.6) is 23.0 Å². The maximum Gasteiger partial charge on any atom is 0.417 e. The second kappa shape index (κ2) is 17.6. The minimum Gasteiger partial charge on any atom is -0.461 e. The number of nitrogens with two attached hydrogens (primary N) is 2. The lowest BCUT2D eigenvalue weighted by Crippen LogP contribution is -2.18. The molecule has 0 aliphatic heterocycles. The Morgan fingerprint density at radius 1 is 0.592 bits per heavy atom. The molecule has 0 aromatic heterocycles. The van der Waals surface area contributed by atoms with E-state index in [-0.39, 0.29) is 41.6 Å². The number of ether oxygens (including phenoxy) is 3. The number of carbonyl (C=O) groups excluding carboxylic acids is 3. The van der Waals surface area contributed by atoms with E-state index in [1.54, 1.807) is 0 Å². The van der Waals surface area contributed by atoms with Gasteiger partial charge in [-0.1, -0.05) is 58.3 Å². The molecule has 0 spiro atoms. The molecule has 0 fully saturated rings. The third-order valence-electron chi connectivity index (χ3n) is 7.42. The number of halogens is 6. The first-order chi connectivity index (χ1) is 23.1. The standard InChI is InChI=1S/C35H38F6N2O6/c1-2-3-4-5-6-7-8-9-10-11-31(44)47-21-22-16-25(48-23-12-14-27(32(42)45)29(19-23)34(36,37)38)18-26(17-22)49-24-13-15-28(33(43)46)30(20-24)35(39,40)41/h12-20H,2-11,21H2,1H3,(H2,42,45)(H2,43,46). The lowest BCUT2D eigenvalue weighted by molar-refractivity contribution is -0.145. The fourth-order valence-corrected chi connectivity index (χ4v) is 4.99. The van der Waals surface area contributed by atoms with Crippen LogP contribution >= 0.6 is 0 Å². The Morgan fingerprint density at radius 2 is 1.02 bits per heavy atom. The fraction of sp³-hybridized carbons (Fsp3) is 0.400. The Kier molecular flexibility index (Phi) is 13.9. The number of esters is 1. The van der Waals surface area contributed by atoms with E-state index in [2.05, 4.69) is 6.92 Å². The Bertz CT molecular complexity index is 1510. The molecule has 0 aliphatic carbocycles. The van der Waals surface area contributed by atoms with Gasteiger partial charge in [0.15, 0.2) is 0 Å². The molecule has 14 heteroatoms. The number of unbranched alkanes of at least 4 members (excludes halogenated alkanes) is 8. The highest BCUT2D eigenvalue weighted by atomic mass is 19.4. The van der Waals surface area contributed by atoms with E-state index in [1.807, 2.05) is 0 Å². The third kappa shape index (κ3) is 12.3. The summed E-state index contributed by atoms with van der Waals surface area (Å²) >= 11 is 0. The first kappa shape index (κ1) is 38.7. The van der Waals surface area contributed by atoms with Crippen LogP contribution < -0.4 is 20.9 Å². The number of primary amides is 2. The van der Waals surface area contributed by atoms with E-state index in [9.17, 15) is 40.7 Å². The molecule has 3 rings (SSSR count). The van der Waals surface area contributed by atoms with Gasteiger partial charge in [-0.15, -0.1) is 0 Å². The zero-order valence-corrected chi connectivity index (χ0v) is 26.8. The van der Waals surface area contributed by atoms with Gasteiger partial charge in [-0.3, -0.25) is 14.4 Å². The molecule has 0 bridgehead atoms. The van der Waals surface area contributed by atoms with Crippen molar-refractivity contribution in [2.45, 2.75) is 90.1 Å². The van der Waals surface area contributed by atoms with Crippen molar-refractivity contribution in [1.29, 1.82) is 0 Å². The summed E-state index contributed by atoms with van der Waals surface area (Å²) in [4.78, 5) is 35.6. The SMILES string of the molecule is CCCCCCCCCCCC(=O)OCc1cc(Oc2ccc(C(N)=O)c(C(F)(F)F)c2)cc(Oc2ccc(C(N)=O)c(C(F)(F)F)c2)c1. The van der Waals surface area contributed by atoms with Gasteiger partial charge in [0.1, 0.15) is 29.6 Å². The molecule has 0 saturated carbocycles. The highest BCUT2D eigenvalue weighted by Crippen LogP contribution is 2.38. The molecular weight excluding hydrogens is 658 g/mol. The molecule has 3 aromatic rings. The van der Waals surface area contributed by atoms with E-state index in [4.69, 9.17) is 25.7 Å². The molecule has 4 N–H and O–H groups in total. The Morgan fingerprint density at radius 3 is 1.43 bits per heavy atom. The lowest BCUT2D eigenvalue weighted by atomic mass is 10.1. The molecule has 3 aromatic carbocycles. The van der Waals surface area contributed by atoms with Gasteiger partial charge in [-0.2, -0.15) is 26.3 Å². The highest BCUT2D eigenvalue weighted by molar-refractivity contribution is 5.95. The molecule has 0 saturated heterocycles. The maximum absolute atomic E-state index is 13.6. The Hall–Kier alpha value is -4.75. The van der Waals surface area contributed by atoms with Crippen LogP contribution in [0.3, 0.4) is 0 Å². The first-order valence-electron chi connectivity index (χ1n) is 15.8. The minimum atomic E-state index is -4.95. The van der Waals surface area contributed by atoms with Gasteiger partial charge in [0, 0.05) is 12.5 Å². The topological polar surface area (TPSA) is 131 Å². The summed E-state index contributed by atoms with van der Waals surface area (Å²) in [6, 6.07) is 8.82. The highest BCUT2D eigenvalue weighted by Gasteiger charge is 2.36. The summed E-state index contributed by atoms with van der Waals surface area (Å²) < 4.78 is 98.4. The quantitative estimate of drug-likeness (QED) is 0.0774. The van der Waals surface area contributed by atoms with E-state index in [0.29, 0.717) is 18.6 Å². The van der Waals surface area contributed by atoms with Gasteiger partial charge in [0.05, 0.1) is 22.3 Å². The number of alkyl halides is 6. The third-order valence-corrected chi connectivity index (χ3v) is 7.42. The number of amides is 2. The summed E-state index contributed by atoms with van der Waals surface area (Å²) in [6.45, 7) is 1.84. The smallest absolute Gasteiger partial charge is 0.417 e. The molecule has 0 radical (unpaired) electrons. The van der Waals surface area contributed by atoms with Crippen LogP contribution in [0.2, 0.25) is 0 Å². The average molecular weight is 697 g/mol. The Labute approximate surface area is 279 Å². The monoisotopic (exact) mass is 696 g/mol. The van der Waals surface area contributed by atoms with Gasteiger partial charge in [-0.05, 0) is 60.5 Å². The summed E-state index contributed by atoms with van der Waals surface area (Å²) in [6.07, 6.45) is -0.232. The predicted octanol–water partition coefficient (Wildman–Crippen LogP) is 9.47. The lowest BCUT2D eigenvalue weighted by Gasteiger charge is -2.16. The number of benzene rings is 3. The molecule has 0 aliphatic rings. The van der Waals surface area contributed by atoms with Crippen LogP contribution in [0.15, 0.2) is 54.6 Å². The van der Waals surface area contributed by atoms with E-state index < -0.39 is 52.4 Å². The van der Waals surface area contributed by atoms with Crippen molar-refractivity contribution < 1.29 is 54.9 Å². The largest absolute Gasteiger partial charge is 0.461 e. The van der Waals surface area contributed by atoms with Crippen molar-refractivity contribution in [3.63, 3.8) is 0 Å². The van der Waals surface area contributed by atoms with Gasteiger partial charge in [0.2, 0.25) is 11.8 Å². The average Bonchev–Trinajstić information content (AvgIpc) is 3.02. The minimum absolute atomic E-state index is 0.132. The molecule has 266 valence electrons. The molecule has 49 heavy (non-hydrogen) atoms. The summed E-state index contributed by atoms with van der Waals surface area (Å²) in [5.41, 5.74) is 6.16. The van der Waals surface area contributed by atoms with Crippen LogP contribution in [0.1, 0.15) is 109 Å². The van der Waals surface area contributed by atoms with Crippen LogP contribution in [-0.2, 0) is 28.5 Å². The summed E-state index contributed by atoms with van der Waals surface area (Å²) in [7, 11) is 0. The van der Waals surface area contributed by atoms with Gasteiger partial charge in [-0.25, -0.2) is 0 Å². The van der Waals surface area contributed by atoms with Crippen molar-refractivity contribution in [2.75, 3.05) is 0 Å².